The van der Waals surface area contributed by atoms with E-state index >= 15 is 0 Å². The van der Waals surface area contributed by atoms with Gasteiger partial charge in [-0.1, -0.05) is 13.8 Å². The molecule has 21 heavy (non-hydrogen) atoms. The van der Waals surface area contributed by atoms with Crippen LogP contribution in [0.5, 0.6) is 0 Å². The van der Waals surface area contributed by atoms with Crippen molar-refractivity contribution < 1.29 is 4.74 Å². The number of hydrogen-bond donors (Lipinski definition) is 1. The number of anilines is 1. The van der Waals surface area contributed by atoms with E-state index in [0.29, 0.717) is 12.0 Å². The lowest BCUT2D eigenvalue weighted by molar-refractivity contribution is 0.0458. The molecule has 1 saturated heterocycles. The van der Waals surface area contributed by atoms with Gasteiger partial charge in [0.25, 0.3) is 0 Å². The number of piperidine rings is 1. The van der Waals surface area contributed by atoms with E-state index in [1.54, 1.807) is 0 Å². The minimum absolute atomic E-state index is 0.412. The Morgan fingerprint density at radius 3 is 2.76 bits per heavy atom. The first kappa shape index (κ1) is 16.2. The molecule has 1 aromatic heterocycles. The summed E-state index contributed by atoms with van der Waals surface area (Å²) < 4.78 is 5.69. The lowest BCUT2D eigenvalue weighted by Crippen LogP contribution is -2.37. The molecule has 0 bridgehead atoms. The molecular weight excluding hydrogens is 264 g/mol. The Hall–Kier alpha value is -1.20. The van der Waals surface area contributed by atoms with Crippen molar-refractivity contribution in [2.75, 3.05) is 31.1 Å². The van der Waals surface area contributed by atoms with Crippen LogP contribution in [0.25, 0.3) is 0 Å². The van der Waals surface area contributed by atoms with E-state index in [0.717, 1.165) is 57.1 Å². The van der Waals surface area contributed by atoms with Gasteiger partial charge in [0, 0.05) is 32.4 Å². The van der Waals surface area contributed by atoms with Gasteiger partial charge in [0.05, 0.1) is 18.0 Å². The first-order chi connectivity index (χ1) is 10.2. The summed E-state index contributed by atoms with van der Waals surface area (Å²) in [5, 5.41) is 3.41. The lowest BCUT2D eigenvalue weighted by Gasteiger charge is -2.32. The Bertz CT molecular complexity index is 416. The second-order valence-electron chi connectivity index (χ2n) is 6.04. The molecule has 1 aliphatic heterocycles. The summed E-state index contributed by atoms with van der Waals surface area (Å²) in [5.41, 5.74) is 1.01. The fourth-order valence-corrected chi connectivity index (χ4v) is 2.61. The van der Waals surface area contributed by atoms with Crippen LogP contribution < -0.4 is 10.2 Å². The van der Waals surface area contributed by atoms with Crippen LogP contribution in [0.15, 0.2) is 12.4 Å². The zero-order chi connectivity index (χ0) is 15.1. The molecule has 1 N–H and O–H groups in total. The number of ether oxygens (including phenoxy) is 1. The second kappa shape index (κ2) is 8.29. The van der Waals surface area contributed by atoms with Crippen molar-refractivity contribution >= 4 is 5.82 Å². The fourth-order valence-electron chi connectivity index (χ4n) is 2.61. The quantitative estimate of drug-likeness (QED) is 0.835. The highest BCUT2D eigenvalue weighted by molar-refractivity contribution is 5.36. The smallest absolute Gasteiger partial charge is 0.147 e. The van der Waals surface area contributed by atoms with Crippen LogP contribution in [0.1, 0.15) is 39.3 Å². The standard InChI is InChI=1S/C16H28N4O/c1-4-21-15-5-7-20(8-6-15)16-12-18-11-14(19-16)10-17-9-13(2)3/h11-13,15,17H,4-10H2,1-3H3. The predicted molar refractivity (Wildman–Crippen MR) is 85.4 cm³/mol. The Morgan fingerprint density at radius 1 is 1.33 bits per heavy atom. The van der Waals surface area contributed by atoms with E-state index < -0.39 is 0 Å². The molecule has 2 heterocycles. The van der Waals surface area contributed by atoms with Crippen molar-refractivity contribution in [1.82, 2.24) is 15.3 Å². The highest BCUT2D eigenvalue weighted by Crippen LogP contribution is 2.19. The van der Waals surface area contributed by atoms with Crippen LogP contribution in [-0.2, 0) is 11.3 Å². The average Bonchev–Trinajstić information content (AvgIpc) is 2.48. The van der Waals surface area contributed by atoms with E-state index in [4.69, 9.17) is 9.72 Å². The van der Waals surface area contributed by atoms with Gasteiger partial charge in [0.2, 0.25) is 0 Å². The highest BCUT2D eigenvalue weighted by atomic mass is 16.5. The number of nitrogens with zero attached hydrogens (tertiary/aromatic N) is 3. The molecule has 0 unspecified atom stereocenters. The lowest BCUT2D eigenvalue weighted by atomic mass is 10.1. The van der Waals surface area contributed by atoms with Gasteiger partial charge in [-0.3, -0.25) is 4.98 Å². The largest absolute Gasteiger partial charge is 0.378 e. The molecule has 0 aromatic carbocycles. The van der Waals surface area contributed by atoms with Gasteiger partial charge in [0.1, 0.15) is 5.82 Å². The van der Waals surface area contributed by atoms with Crippen LogP contribution in [-0.4, -0.2) is 42.3 Å². The summed E-state index contributed by atoms with van der Waals surface area (Å²) in [6, 6.07) is 0. The Balaban J connectivity index is 1.86. The van der Waals surface area contributed by atoms with Crippen molar-refractivity contribution in [2.45, 2.75) is 46.3 Å². The third kappa shape index (κ3) is 5.25. The number of hydrogen-bond acceptors (Lipinski definition) is 5. The fraction of sp³-hybridized carbons (Fsp3) is 0.750. The molecule has 2 rings (SSSR count). The first-order valence-electron chi connectivity index (χ1n) is 8.07. The summed E-state index contributed by atoms with van der Waals surface area (Å²) in [6.45, 7) is 11.1. The SMILES string of the molecule is CCOC1CCN(c2cncc(CNCC(C)C)n2)CC1. The second-order valence-corrected chi connectivity index (χ2v) is 6.04. The average molecular weight is 292 g/mol. The molecule has 118 valence electrons. The maximum atomic E-state index is 5.69. The minimum Gasteiger partial charge on any atom is -0.378 e. The zero-order valence-electron chi connectivity index (χ0n) is 13.5. The molecule has 1 aliphatic rings. The number of aromatic nitrogens is 2. The van der Waals surface area contributed by atoms with Crippen molar-refractivity contribution in [3.05, 3.63) is 18.1 Å². The summed E-state index contributed by atoms with van der Waals surface area (Å²) in [4.78, 5) is 11.4. The molecule has 5 heteroatoms. The molecule has 0 aliphatic carbocycles. The van der Waals surface area contributed by atoms with Gasteiger partial charge in [0.15, 0.2) is 0 Å². The zero-order valence-corrected chi connectivity index (χ0v) is 13.5. The Kier molecular flexibility index (Phi) is 6.39. The maximum Gasteiger partial charge on any atom is 0.147 e. The predicted octanol–water partition coefficient (Wildman–Crippen LogP) is 2.23. The maximum absolute atomic E-state index is 5.69. The van der Waals surface area contributed by atoms with Gasteiger partial charge in [-0.15, -0.1) is 0 Å². The van der Waals surface area contributed by atoms with E-state index in [1.807, 2.05) is 12.4 Å². The van der Waals surface area contributed by atoms with Gasteiger partial charge in [-0.05, 0) is 32.2 Å². The Morgan fingerprint density at radius 2 is 2.10 bits per heavy atom. The van der Waals surface area contributed by atoms with E-state index in [9.17, 15) is 0 Å². The van der Waals surface area contributed by atoms with Crippen molar-refractivity contribution in [2.24, 2.45) is 5.92 Å². The summed E-state index contributed by atoms with van der Waals surface area (Å²) >= 11 is 0. The molecule has 0 atom stereocenters. The molecule has 1 fully saturated rings. The van der Waals surface area contributed by atoms with Crippen molar-refractivity contribution in [3.8, 4) is 0 Å². The normalized spacial score (nSPS) is 16.7. The number of rotatable bonds is 7. The summed E-state index contributed by atoms with van der Waals surface area (Å²) in [7, 11) is 0. The monoisotopic (exact) mass is 292 g/mol. The molecular formula is C16H28N4O. The van der Waals surface area contributed by atoms with Crippen LogP contribution >= 0.6 is 0 Å². The number of nitrogens with one attached hydrogen (secondary N) is 1. The van der Waals surface area contributed by atoms with Crippen molar-refractivity contribution in [1.29, 1.82) is 0 Å². The third-order valence-electron chi connectivity index (χ3n) is 3.70. The van der Waals surface area contributed by atoms with Gasteiger partial charge < -0.3 is 15.0 Å². The van der Waals surface area contributed by atoms with Crippen LogP contribution in [0.2, 0.25) is 0 Å². The van der Waals surface area contributed by atoms with Crippen LogP contribution in [0.4, 0.5) is 5.82 Å². The van der Waals surface area contributed by atoms with E-state index in [2.05, 4.69) is 36.0 Å². The summed E-state index contributed by atoms with van der Waals surface area (Å²) in [5.74, 6) is 1.65. The molecule has 0 spiro atoms. The molecule has 1 aromatic rings. The Labute approximate surface area is 128 Å². The molecule has 0 saturated carbocycles. The van der Waals surface area contributed by atoms with Gasteiger partial charge >= 0.3 is 0 Å². The van der Waals surface area contributed by atoms with Crippen molar-refractivity contribution in [3.63, 3.8) is 0 Å². The third-order valence-corrected chi connectivity index (χ3v) is 3.70. The van der Waals surface area contributed by atoms with Gasteiger partial charge in [-0.25, -0.2) is 4.98 Å². The molecule has 0 radical (unpaired) electrons. The molecule has 5 nitrogen and oxygen atoms in total. The van der Waals surface area contributed by atoms with Crippen LogP contribution in [0, 0.1) is 5.92 Å². The van der Waals surface area contributed by atoms with E-state index in [1.165, 1.54) is 0 Å². The topological polar surface area (TPSA) is 50.3 Å². The van der Waals surface area contributed by atoms with E-state index in [-0.39, 0.29) is 0 Å². The summed E-state index contributed by atoms with van der Waals surface area (Å²) in [6.07, 6.45) is 6.28. The van der Waals surface area contributed by atoms with Gasteiger partial charge in [-0.2, -0.15) is 0 Å². The highest BCUT2D eigenvalue weighted by Gasteiger charge is 2.20. The van der Waals surface area contributed by atoms with Crippen LogP contribution in [0.3, 0.4) is 0 Å². The molecule has 0 amide bonds. The minimum atomic E-state index is 0.412. The first-order valence-corrected chi connectivity index (χ1v) is 8.07.